The molecule has 0 aliphatic heterocycles. The summed E-state index contributed by atoms with van der Waals surface area (Å²) in [5, 5.41) is 27.6. The second-order valence-electron chi connectivity index (χ2n) is 2.91. The van der Waals surface area contributed by atoms with Crippen molar-refractivity contribution in [2.75, 3.05) is 38.7 Å². The van der Waals surface area contributed by atoms with Crippen LogP contribution in [0.2, 0.25) is 0 Å². The predicted octanol–water partition coefficient (Wildman–Crippen LogP) is -1.79. The molecule has 0 heterocycles. The van der Waals surface area contributed by atoms with Gasteiger partial charge in [-0.25, -0.2) is 0 Å². The van der Waals surface area contributed by atoms with E-state index < -0.39 is 22.5 Å². The van der Waals surface area contributed by atoms with Crippen LogP contribution in [-0.4, -0.2) is 67.0 Å². The van der Waals surface area contributed by atoms with Crippen LogP contribution in [0.5, 0.6) is 0 Å². The Hall–Kier alpha value is -0.250. The van der Waals surface area contributed by atoms with E-state index in [0.29, 0.717) is 0 Å². The highest BCUT2D eigenvalue weighted by molar-refractivity contribution is 7.85. The summed E-state index contributed by atoms with van der Waals surface area (Å²) in [6.45, 7) is 1.64. The lowest BCUT2D eigenvalue weighted by Gasteiger charge is -1.99. The lowest BCUT2D eigenvalue weighted by molar-refractivity contribution is 0.276. The molecule has 8 heteroatoms. The smallest absolute Gasteiger partial charge is 0.267 e. The number of hydrogen-bond acceptors (Lipinski definition) is 6. The highest BCUT2D eigenvalue weighted by Gasteiger charge is 1.99. The minimum absolute atomic E-state index is 0.242. The molecule has 0 spiro atoms. The summed E-state index contributed by atoms with van der Waals surface area (Å²) in [7, 11) is -3.92. The van der Waals surface area contributed by atoms with Gasteiger partial charge in [0, 0.05) is 13.2 Å². The molecule has 0 saturated heterocycles. The molecule has 100 valence electrons. The van der Waals surface area contributed by atoms with E-state index >= 15 is 0 Å². The highest BCUT2D eigenvalue weighted by atomic mass is 32.2. The molecule has 0 rings (SSSR count). The predicted molar refractivity (Wildman–Crippen MR) is 59.8 cm³/mol. The van der Waals surface area contributed by atoms with Crippen LogP contribution in [0, 0.1) is 0 Å². The van der Waals surface area contributed by atoms with Crippen molar-refractivity contribution in [3.63, 3.8) is 0 Å². The van der Waals surface area contributed by atoms with E-state index in [1.807, 2.05) is 0 Å². The van der Waals surface area contributed by atoms with Gasteiger partial charge < -0.3 is 20.6 Å². The van der Waals surface area contributed by atoms with Gasteiger partial charge in [-0.05, 0) is 25.9 Å². The molecule has 0 aromatic carbocycles. The van der Waals surface area contributed by atoms with Crippen LogP contribution >= 0.6 is 0 Å². The van der Waals surface area contributed by atoms with E-state index in [0.717, 1.165) is 25.9 Å². The summed E-state index contributed by atoms with van der Waals surface area (Å²) >= 11 is 0. The lowest BCUT2D eigenvalue weighted by atomic mass is 10.4. The zero-order chi connectivity index (χ0) is 12.9. The van der Waals surface area contributed by atoms with Crippen molar-refractivity contribution in [2.45, 2.75) is 12.8 Å². The van der Waals surface area contributed by atoms with Gasteiger partial charge in [0.25, 0.3) is 10.1 Å². The molecule has 7 nitrogen and oxygen atoms in total. The van der Waals surface area contributed by atoms with Crippen LogP contribution in [-0.2, 0) is 10.1 Å². The largest absolute Gasteiger partial charge is 0.396 e. The monoisotopic (exact) mass is 259 g/mol. The Morgan fingerprint density at radius 1 is 0.875 bits per heavy atom. The van der Waals surface area contributed by atoms with Crippen molar-refractivity contribution in [1.29, 1.82) is 0 Å². The average Bonchev–Trinajstić information content (AvgIpc) is 2.17. The summed E-state index contributed by atoms with van der Waals surface area (Å²) in [5.41, 5.74) is 0. The molecule has 0 aromatic heterocycles. The summed E-state index contributed by atoms with van der Waals surface area (Å²) < 4.78 is 27.1. The molecule has 16 heavy (non-hydrogen) atoms. The topological polar surface area (TPSA) is 127 Å². The standard InChI is InChI=1S/C6H15NO2.C2H6O4S/c8-5-1-3-7-4-2-6-9;3-1-2-7(4,5)6/h7-9H,1-6H2;3H,1-2H2,(H,4,5,6). The van der Waals surface area contributed by atoms with E-state index in [9.17, 15) is 8.42 Å². The van der Waals surface area contributed by atoms with Gasteiger partial charge in [0.05, 0.1) is 12.4 Å². The zero-order valence-corrected chi connectivity index (χ0v) is 9.99. The molecule has 0 fully saturated rings. The Balaban J connectivity index is 0. The average molecular weight is 259 g/mol. The molecular weight excluding hydrogens is 238 g/mol. The summed E-state index contributed by atoms with van der Waals surface area (Å²) in [6.07, 6.45) is 1.59. The lowest BCUT2D eigenvalue weighted by Crippen LogP contribution is -2.18. The number of aliphatic hydroxyl groups is 3. The molecule has 0 aliphatic carbocycles. The van der Waals surface area contributed by atoms with Crippen molar-refractivity contribution in [2.24, 2.45) is 0 Å². The maximum Gasteiger partial charge on any atom is 0.267 e. The van der Waals surface area contributed by atoms with Crippen molar-refractivity contribution >= 4 is 10.1 Å². The van der Waals surface area contributed by atoms with Crippen molar-refractivity contribution < 1.29 is 28.3 Å². The van der Waals surface area contributed by atoms with Gasteiger partial charge in [0.1, 0.15) is 0 Å². The molecule has 0 aliphatic rings. The Kier molecular flexibility index (Phi) is 14.5. The first kappa shape index (κ1) is 18.1. The van der Waals surface area contributed by atoms with Crippen LogP contribution in [0.3, 0.4) is 0 Å². The first-order valence-electron chi connectivity index (χ1n) is 4.96. The molecule has 0 amide bonds. The Labute approximate surface area is 95.9 Å². The minimum atomic E-state index is -3.92. The quantitative estimate of drug-likeness (QED) is 0.257. The Bertz CT molecular complexity index is 213. The van der Waals surface area contributed by atoms with Crippen molar-refractivity contribution in [1.82, 2.24) is 5.32 Å². The van der Waals surface area contributed by atoms with Crippen LogP contribution in [0.1, 0.15) is 12.8 Å². The Morgan fingerprint density at radius 2 is 1.31 bits per heavy atom. The van der Waals surface area contributed by atoms with Gasteiger partial charge in [0.15, 0.2) is 0 Å². The Morgan fingerprint density at radius 3 is 1.50 bits per heavy atom. The third kappa shape index (κ3) is 23.5. The van der Waals surface area contributed by atoms with Gasteiger partial charge in [0.2, 0.25) is 0 Å². The van der Waals surface area contributed by atoms with Gasteiger partial charge in [-0.3, -0.25) is 4.55 Å². The van der Waals surface area contributed by atoms with Crippen LogP contribution < -0.4 is 5.32 Å². The normalized spacial score (nSPS) is 10.8. The van der Waals surface area contributed by atoms with E-state index in [-0.39, 0.29) is 13.2 Å². The maximum absolute atomic E-state index is 9.63. The number of rotatable bonds is 8. The molecule has 0 radical (unpaired) electrons. The highest BCUT2D eigenvalue weighted by Crippen LogP contribution is 1.76. The summed E-state index contributed by atoms with van der Waals surface area (Å²) in [4.78, 5) is 0. The van der Waals surface area contributed by atoms with E-state index in [1.165, 1.54) is 0 Å². The van der Waals surface area contributed by atoms with Crippen LogP contribution in [0.4, 0.5) is 0 Å². The summed E-state index contributed by atoms with van der Waals surface area (Å²) in [6, 6.07) is 0. The van der Waals surface area contributed by atoms with Gasteiger partial charge in [-0.2, -0.15) is 8.42 Å². The van der Waals surface area contributed by atoms with Crippen molar-refractivity contribution in [3.8, 4) is 0 Å². The molecule has 0 aromatic rings. The van der Waals surface area contributed by atoms with Gasteiger partial charge in [-0.1, -0.05) is 0 Å². The molecule has 5 N–H and O–H groups in total. The third-order valence-electron chi connectivity index (χ3n) is 1.37. The first-order valence-corrected chi connectivity index (χ1v) is 6.57. The van der Waals surface area contributed by atoms with Crippen LogP contribution in [0.25, 0.3) is 0 Å². The van der Waals surface area contributed by atoms with Gasteiger partial charge in [-0.15, -0.1) is 0 Å². The van der Waals surface area contributed by atoms with E-state index in [4.69, 9.17) is 19.9 Å². The fourth-order valence-corrected chi connectivity index (χ4v) is 0.879. The molecule has 0 bridgehead atoms. The van der Waals surface area contributed by atoms with Crippen molar-refractivity contribution in [3.05, 3.63) is 0 Å². The fraction of sp³-hybridized carbons (Fsp3) is 1.00. The maximum atomic E-state index is 9.63. The number of hydrogen-bond donors (Lipinski definition) is 5. The minimum Gasteiger partial charge on any atom is -0.396 e. The molecular formula is C8H21NO6S. The summed E-state index contributed by atoms with van der Waals surface area (Å²) in [5.74, 6) is -0.576. The second kappa shape index (κ2) is 12.8. The number of nitrogens with one attached hydrogen (secondary N) is 1. The zero-order valence-electron chi connectivity index (χ0n) is 9.17. The van der Waals surface area contributed by atoms with Gasteiger partial charge >= 0.3 is 0 Å². The molecule has 0 saturated carbocycles. The van der Waals surface area contributed by atoms with E-state index in [1.54, 1.807) is 0 Å². The molecule has 0 atom stereocenters. The van der Waals surface area contributed by atoms with Crippen LogP contribution in [0.15, 0.2) is 0 Å². The number of aliphatic hydroxyl groups excluding tert-OH is 3. The third-order valence-corrected chi connectivity index (χ3v) is 2.07. The first-order chi connectivity index (χ1) is 7.47. The van der Waals surface area contributed by atoms with E-state index in [2.05, 4.69) is 5.32 Å². The SMILES string of the molecule is O=S(=O)(O)CCO.OCCCNCCCO. The molecule has 0 unspecified atom stereocenters. The second-order valence-corrected chi connectivity index (χ2v) is 4.49. The fourth-order valence-electron chi connectivity index (χ4n) is 0.648.